The largest absolute Gasteiger partial charge is 0.460 e. The lowest BCUT2D eigenvalue weighted by Crippen LogP contribution is -2.42. The van der Waals surface area contributed by atoms with E-state index in [0.29, 0.717) is 0 Å². The predicted molar refractivity (Wildman–Crippen MR) is 52.5 cm³/mol. The fourth-order valence-corrected chi connectivity index (χ4v) is 1.28. The maximum absolute atomic E-state index is 12.4. The molecular formula is C9H6F3N3O4. The number of H-pyrrole nitrogens is 1. The lowest BCUT2D eigenvalue weighted by molar-refractivity contribution is -0.358. The molecule has 2 aromatic heterocycles. The number of aromatic nitrogens is 3. The molecule has 0 aliphatic carbocycles. The van der Waals surface area contributed by atoms with Crippen LogP contribution in [-0.2, 0) is 5.79 Å². The van der Waals surface area contributed by atoms with Crippen LogP contribution in [0.15, 0.2) is 27.6 Å². The summed E-state index contributed by atoms with van der Waals surface area (Å²) in [5, 5.41) is 20.2. The van der Waals surface area contributed by atoms with E-state index in [9.17, 15) is 18.0 Å². The van der Waals surface area contributed by atoms with Gasteiger partial charge < -0.3 is 14.7 Å². The van der Waals surface area contributed by atoms with Crippen molar-refractivity contribution in [2.75, 3.05) is 0 Å². The van der Waals surface area contributed by atoms with Crippen molar-refractivity contribution in [2.24, 2.45) is 0 Å². The highest BCUT2D eigenvalue weighted by Gasteiger charge is 2.54. The molecule has 0 unspecified atom stereocenters. The molecule has 0 aliphatic rings. The molecule has 102 valence electrons. The van der Waals surface area contributed by atoms with Crippen molar-refractivity contribution in [3.63, 3.8) is 0 Å². The minimum absolute atomic E-state index is 0.208. The molecule has 0 saturated carbocycles. The number of halogens is 3. The summed E-state index contributed by atoms with van der Waals surface area (Å²) in [4.78, 5) is 17.6. The van der Waals surface area contributed by atoms with Gasteiger partial charge in [0.05, 0.1) is 0 Å². The Morgan fingerprint density at radius 1 is 1.32 bits per heavy atom. The second kappa shape index (κ2) is 4.17. The molecule has 0 saturated heterocycles. The molecule has 19 heavy (non-hydrogen) atoms. The molecule has 0 spiro atoms. The fourth-order valence-electron chi connectivity index (χ4n) is 1.28. The molecule has 0 bridgehead atoms. The van der Waals surface area contributed by atoms with E-state index < -0.39 is 23.3 Å². The van der Waals surface area contributed by atoms with Gasteiger partial charge in [0.2, 0.25) is 0 Å². The van der Waals surface area contributed by atoms with Crippen LogP contribution in [0.3, 0.4) is 0 Å². The Balaban J connectivity index is 2.49. The number of nitrogens with zero attached hydrogens (tertiary/aromatic N) is 2. The van der Waals surface area contributed by atoms with Gasteiger partial charge in [0.1, 0.15) is 5.69 Å². The van der Waals surface area contributed by atoms with Crippen LogP contribution in [0.5, 0.6) is 0 Å². The molecule has 0 amide bonds. The number of hydrogen-bond acceptors (Lipinski definition) is 6. The highest BCUT2D eigenvalue weighted by molar-refractivity contribution is 5.49. The zero-order valence-electron chi connectivity index (χ0n) is 8.97. The third-order valence-corrected chi connectivity index (χ3v) is 2.24. The number of rotatable bonds is 2. The Labute approximate surface area is 102 Å². The van der Waals surface area contributed by atoms with E-state index in [-0.39, 0.29) is 11.5 Å². The summed E-state index contributed by atoms with van der Waals surface area (Å²) in [6, 6.07) is 1.50. The van der Waals surface area contributed by atoms with E-state index in [0.717, 1.165) is 18.3 Å². The molecule has 2 aromatic rings. The molecule has 3 N–H and O–H groups in total. The zero-order valence-corrected chi connectivity index (χ0v) is 8.97. The first-order valence-electron chi connectivity index (χ1n) is 4.75. The second-order valence-corrected chi connectivity index (χ2v) is 3.53. The molecule has 0 fully saturated rings. The monoisotopic (exact) mass is 277 g/mol. The maximum atomic E-state index is 12.4. The minimum atomic E-state index is -5.29. The number of pyridine rings is 1. The first kappa shape index (κ1) is 13.2. The van der Waals surface area contributed by atoms with Crippen molar-refractivity contribution < 1.29 is 27.9 Å². The summed E-state index contributed by atoms with van der Waals surface area (Å²) < 4.78 is 41.6. The normalized spacial score (nSPS) is 12.7. The van der Waals surface area contributed by atoms with Gasteiger partial charge in [0, 0.05) is 11.8 Å². The van der Waals surface area contributed by atoms with Crippen LogP contribution < -0.4 is 5.76 Å². The summed E-state index contributed by atoms with van der Waals surface area (Å²) in [5.41, 5.74) is -1.08. The van der Waals surface area contributed by atoms with E-state index in [2.05, 4.69) is 14.5 Å². The van der Waals surface area contributed by atoms with Gasteiger partial charge in [-0.1, -0.05) is 0 Å². The second-order valence-electron chi connectivity index (χ2n) is 3.53. The summed E-state index contributed by atoms with van der Waals surface area (Å²) in [6.07, 6.45) is -4.38. The lowest BCUT2D eigenvalue weighted by Gasteiger charge is -2.24. The topological polar surface area (TPSA) is 112 Å². The van der Waals surface area contributed by atoms with Gasteiger partial charge in [-0.15, -0.1) is 0 Å². The Hall–Kier alpha value is -2.20. The average Bonchev–Trinajstić information content (AvgIpc) is 2.75. The molecule has 0 atom stereocenters. The number of aromatic amines is 1. The lowest BCUT2D eigenvalue weighted by atomic mass is 10.1. The van der Waals surface area contributed by atoms with Crippen molar-refractivity contribution in [1.82, 2.24) is 15.1 Å². The summed E-state index contributed by atoms with van der Waals surface area (Å²) in [6.45, 7) is 0. The molecular weight excluding hydrogens is 271 g/mol. The van der Waals surface area contributed by atoms with Gasteiger partial charge in [-0.25, -0.2) is 4.79 Å². The van der Waals surface area contributed by atoms with E-state index in [1.165, 1.54) is 0 Å². The van der Waals surface area contributed by atoms with Crippen LogP contribution in [0, 0.1) is 0 Å². The fraction of sp³-hybridized carbons (Fsp3) is 0.222. The van der Waals surface area contributed by atoms with Crippen molar-refractivity contribution >= 4 is 0 Å². The maximum Gasteiger partial charge on any atom is 0.460 e. The Morgan fingerprint density at radius 2 is 2.00 bits per heavy atom. The van der Waals surface area contributed by atoms with Gasteiger partial charge >= 0.3 is 11.9 Å². The Kier molecular flexibility index (Phi) is 2.91. The summed E-state index contributed by atoms with van der Waals surface area (Å²) in [5.74, 6) is -5.25. The van der Waals surface area contributed by atoms with Crippen LogP contribution in [0.4, 0.5) is 13.2 Å². The van der Waals surface area contributed by atoms with Crippen molar-refractivity contribution in [3.8, 4) is 11.5 Å². The average molecular weight is 277 g/mol. The van der Waals surface area contributed by atoms with E-state index >= 15 is 0 Å². The predicted octanol–water partition coefficient (Wildman–Crippen LogP) is 0.125. The van der Waals surface area contributed by atoms with Crippen LogP contribution in [-0.4, -0.2) is 31.5 Å². The molecule has 2 rings (SSSR count). The van der Waals surface area contributed by atoms with Crippen molar-refractivity contribution in [2.45, 2.75) is 12.0 Å². The van der Waals surface area contributed by atoms with Gasteiger partial charge in [-0.3, -0.25) is 4.98 Å². The highest BCUT2D eigenvalue weighted by Crippen LogP contribution is 2.36. The third kappa shape index (κ3) is 2.35. The molecule has 2 heterocycles. The number of alkyl halides is 3. The third-order valence-electron chi connectivity index (χ3n) is 2.24. The Morgan fingerprint density at radius 3 is 2.53 bits per heavy atom. The van der Waals surface area contributed by atoms with Crippen molar-refractivity contribution in [1.29, 1.82) is 0 Å². The van der Waals surface area contributed by atoms with Crippen LogP contribution in [0.25, 0.3) is 11.5 Å². The number of hydrogen-bond donors (Lipinski definition) is 3. The first-order chi connectivity index (χ1) is 8.72. The highest BCUT2D eigenvalue weighted by atomic mass is 19.4. The van der Waals surface area contributed by atoms with Crippen LogP contribution in [0.1, 0.15) is 5.56 Å². The minimum Gasteiger partial charge on any atom is -0.355 e. The van der Waals surface area contributed by atoms with Gasteiger partial charge in [0.15, 0.2) is 5.82 Å². The number of aliphatic hydroxyl groups is 2. The van der Waals surface area contributed by atoms with Crippen LogP contribution >= 0.6 is 0 Å². The standard InChI is InChI=1S/C9H6F3N3O4/c10-9(11,12)8(17,18)4-1-2-13-5(3-4)6-14-7(16)19-15-6/h1-3,17-18H,(H,14,15,16). The molecule has 0 aromatic carbocycles. The zero-order chi connectivity index (χ0) is 14.3. The molecule has 0 radical (unpaired) electrons. The summed E-state index contributed by atoms with van der Waals surface area (Å²) >= 11 is 0. The van der Waals surface area contributed by atoms with E-state index in [4.69, 9.17) is 10.2 Å². The van der Waals surface area contributed by atoms with Gasteiger partial charge in [-0.2, -0.15) is 23.3 Å². The molecule has 0 aliphatic heterocycles. The number of nitrogens with one attached hydrogen (secondary N) is 1. The van der Waals surface area contributed by atoms with Gasteiger partial charge in [-0.05, 0) is 12.1 Å². The van der Waals surface area contributed by atoms with E-state index in [1.807, 2.05) is 5.16 Å². The van der Waals surface area contributed by atoms with Crippen molar-refractivity contribution in [3.05, 3.63) is 34.4 Å². The quantitative estimate of drug-likeness (QED) is 0.672. The molecule has 7 nitrogen and oxygen atoms in total. The SMILES string of the molecule is O=c1nc(-c2cc(C(O)(O)C(F)(F)F)ccn2)[nH]o1. The van der Waals surface area contributed by atoms with Gasteiger partial charge in [0.25, 0.3) is 5.79 Å². The first-order valence-corrected chi connectivity index (χ1v) is 4.75. The Bertz CT molecular complexity index is 646. The molecule has 10 heteroatoms. The van der Waals surface area contributed by atoms with Crippen LogP contribution in [0.2, 0.25) is 0 Å². The summed E-state index contributed by atoms with van der Waals surface area (Å²) in [7, 11) is 0. The smallest absolute Gasteiger partial charge is 0.355 e. The van der Waals surface area contributed by atoms with E-state index in [1.54, 1.807) is 0 Å².